The molecule has 1 aliphatic carbocycles. The van der Waals surface area contributed by atoms with Crippen LogP contribution in [0.15, 0.2) is 35.6 Å². The standard InChI is InChI=1S/C9H13N/c1-4-8-6-5-7-9(8)10(2)3/h4-7H,1-3H3. The maximum absolute atomic E-state index is 2.12. The van der Waals surface area contributed by atoms with Crippen LogP contribution in [0.3, 0.4) is 0 Å². The van der Waals surface area contributed by atoms with Gasteiger partial charge in [0.05, 0.1) is 0 Å². The maximum Gasteiger partial charge on any atom is 0.0431 e. The summed E-state index contributed by atoms with van der Waals surface area (Å²) in [6.07, 6.45) is 8.44. The Morgan fingerprint density at radius 2 is 2.10 bits per heavy atom. The molecule has 0 amide bonds. The van der Waals surface area contributed by atoms with E-state index in [0.717, 1.165) is 0 Å². The zero-order valence-electron chi connectivity index (χ0n) is 6.76. The van der Waals surface area contributed by atoms with Crippen LogP contribution in [-0.2, 0) is 0 Å². The third kappa shape index (κ3) is 1.13. The van der Waals surface area contributed by atoms with E-state index >= 15 is 0 Å². The SMILES string of the molecule is CC=C1C=CC=C1N(C)C. The molecule has 0 aromatic carbocycles. The second kappa shape index (κ2) is 2.74. The van der Waals surface area contributed by atoms with Crippen molar-refractivity contribution in [3.63, 3.8) is 0 Å². The fourth-order valence-electron chi connectivity index (χ4n) is 1.08. The lowest BCUT2D eigenvalue weighted by atomic mass is 10.2. The molecule has 0 fully saturated rings. The van der Waals surface area contributed by atoms with Crippen LogP contribution in [0.25, 0.3) is 0 Å². The summed E-state index contributed by atoms with van der Waals surface area (Å²) in [7, 11) is 4.12. The van der Waals surface area contributed by atoms with Gasteiger partial charge in [0.2, 0.25) is 0 Å². The highest BCUT2D eigenvalue weighted by Gasteiger charge is 2.05. The summed E-state index contributed by atoms with van der Waals surface area (Å²) < 4.78 is 0. The molecular formula is C9H13N. The van der Waals surface area contributed by atoms with Crippen LogP contribution in [0.1, 0.15) is 6.92 Å². The molecule has 54 valence electrons. The van der Waals surface area contributed by atoms with Gasteiger partial charge in [0.1, 0.15) is 0 Å². The number of allylic oxidation sites excluding steroid dienone is 4. The van der Waals surface area contributed by atoms with Gasteiger partial charge in [-0.1, -0.05) is 18.2 Å². The lowest BCUT2D eigenvalue weighted by molar-refractivity contribution is 0.526. The summed E-state index contributed by atoms with van der Waals surface area (Å²) >= 11 is 0. The van der Waals surface area contributed by atoms with Crippen LogP contribution in [0, 0.1) is 0 Å². The predicted octanol–water partition coefficient (Wildman–Crippen LogP) is 1.95. The minimum atomic E-state index is 1.29. The number of hydrogen-bond acceptors (Lipinski definition) is 1. The minimum absolute atomic E-state index is 1.29. The van der Waals surface area contributed by atoms with E-state index < -0.39 is 0 Å². The predicted molar refractivity (Wildman–Crippen MR) is 44.7 cm³/mol. The van der Waals surface area contributed by atoms with Crippen molar-refractivity contribution in [1.82, 2.24) is 4.90 Å². The largest absolute Gasteiger partial charge is 0.377 e. The van der Waals surface area contributed by atoms with E-state index in [1.165, 1.54) is 11.3 Å². The Morgan fingerprint density at radius 3 is 2.50 bits per heavy atom. The van der Waals surface area contributed by atoms with Crippen LogP contribution in [0.5, 0.6) is 0 Å². The van der Waals surface area contributed by atoms with Gasteiger partial charge in [0, 0.05) is 19.8 Å². The smallest absolute Gasteiger partial charge is 0.0431 e. The van der Waals surface area contributed by atoms with Crippen LogP contribution in [0.4, 0.5) is 0 Å². The molecule has 10 heavy (non-hydrogen) atoms. The van der Waals surface area contributed by atoms with E-state index in [0.29, 0.717) is 0 Å². The van der Waals surface area contributed by atoms with Gasteiger partial charge < -0.3 is 4.90 Å². The molecule has 0 radical (unpaired) electrons. The summed E-state index contributed by atoms with van der Waals surface area (Å²) in [6.45, 7) is 2.06. The van der Waals surface area contributed by atoms with Gasteiger partial charge in [-0.25, -0.2) is 0 Å². The molecule has 0 aromatic heterocycles. The zero-order valence-corrected chi connectivity index (χ0v) is 6.76. The summed E-state index contributed by atoms with van der Waals surface area (Å²) in [5.41, 5.74) is 2.60. The van der Waals surface area contributed by atoms with Crippen molar-refractivity contribution < 1.29 is 0 Å². The average molecular weight is 135 g/mol. The average Bonchev–Trinajstić information content (AvgIpc) is 2.33. The van der Waals surface area contributed by atoms with Gasteiger partial charge in [-0.15, -0.1) is 0 Å². The highest BCUT2D eigenvalue weighted by molar-refractivity contribution is 5.46. The number of rotatable bonds is 1. The Bertz CT molecular complexity index is 207. The molecule has 0 atom stereocenters. The van der Waals surface area contributed by atoms with E-state index in [1.54, 1.807) is 0 Å². The lowest BCUT2D eigenvalue weighted by Gasteiger charge is -2.14. The highest BCUT2D eigenvalue weighted by atomic mass is 15.1. The Balaban J connectivity index is 2.82. The first-order valence-electron chi connectivity index (χ1n) is 3.48. The van der Waals surface area contributed by atoms with Crippen molar-refractivity contribution in [1.29, 1.82) is 0 Å². The maximum atomic E-state index is 2.12. The molecule has 0 bridgehead atoms. The van der Waals surface area contributed by atoms with E-state index in [1.807, 2.05) is 0 Å². The summed E-state index contributed by atoms with van der Waals surface area (Å²) in [6, 6.07) is 0. The second-order valence-corrected chi connectivity index (χ2v) is 2.55. The monoisotopic (exact) mass is 135 g/mol. The summed E-state index contributed by atoms with van der Waals surface area (Å²) in [4.78, 5) is 2.12. The molecule has 0 saturated carbocycles. The first-order valence-corrected chi connectivity index (χ1v) is 3.48. The molecule has 0 N–H and O–H groups in total. The molecule has 1 heteroatoms. The highest BCUT2D eigenvalue weighted by Crippen LogP contribution is 2.18. The van der Waals surface area contributed by atoms with Crippen LogP contribution >= 0.6 is 0 Å². The van der Waals surface area contributed by atoms with Gasteiger partial charge in [0.15, 0.2) is 0 Å². The van der Waals surface area contributed by atoms with E-state index in [2.05, 4.69) is 50.2 Å². The summed E-state index contributed by atoms with van der Waals surface area (Å²) in [5, 5.41) is 0. The fraction of sp³-hybridized carbons (Fsp3) is 0.333. The molecule has 0 unspecified atom stereocenters. The molecule has 0 spiro atoms. The van der Waals surface area contributed by atoms with Crippen LogP contribution < -0.4 is 0 Å². The van der Waals surface area contributed by atoms with Crippen molar-refractivity contribution in [3.05, 3.63) is 35.6 Å². The molecule has 0 saturated heterocycles. The Morgan fingerprint density at radius 1 is 1.40 bits per heavy atom. The van der Waals surface area contributed by atoms with Crippen molar-refractivity contribution in [3.8, 4) is 0 Å². The minimum Gasteiger partial charge on any atom is -0.377 e. The third-order valence-electron chi connectivity index (χ3n) is 1.62. The van der Waals surface area contributed by atoms with E-state index in [9.17, 15) is 0 Å². The van der Waals surface area contributed by atoms with Gasteiger partial charge >= 0.3 is 0 Å². The Hall–Kier alpha value is -0.980. The molecule has 1 nitrogen and oxygen atoms in total. The fourth-order valence-corrected chi connectivity index (χ4v) is 1.08. The van der Waals surface area contributed by atoms with Gasteiger partial charge in [-0.3, -0.25) is 0 Å². The Kier molecular flexibility index (Phi) is 1.95. The topological polar surface area (TPSA) is 3.24 Å². The van der Waals surface area contributed by atoms with Crippen molar-refractivity contribution in [2.45, 2.75) is 6.92 Å². The zero-order chi connectivity index (χ0) is 7.56. The molecular weight excluding hydrogens is 122 g/mol. The molecule has 0 aliphatic heterocycles. The van der Waals surface area contributed by atoms with Crippen LogP contribution in [0.2, 0.25) is 0 Å². The van der Waals surface area contributed by atoms with Crippen molar-refractivity contribution in [2.24, 2.45) is 0 Å². The molecule has 1 rings (SSSR count). The molecule has 1 aliphatic rings. The number of likely N-dealkylation sites (N-methyl/N-ethyl adjacent to an activating group) is 1. The van der Waals surface area contributed by atoms with Crippen molar-refractivity contribution in [2.75, 3.05) is 14.1 Å². The lowest BCUT2D eigenvalue weighted by Crippen LogP contribution is -2.10. The second-order valence-electron chi connectivity index (χ2n) is 2.55. The van der Waals surface area contributed by atoms with Gasteiger partial charge in [0.25, 0.3) is 0 Å². The summed E-state index contributed by atoms with van der Waals surface area (Å²) in [5.74, 6) is 0. The normalized spacial score (nSPS) is 19.9. The Labute approximate surface area is 62.3 Å². The van der Waals surface area contributed by atoms with Crippen LogP contribution in [-0.4, -0.2) is 19.0 Å². The number of hydrogen-bond donors (Lipinski definition) is 0. The van der Waals surface area contributed by atoms with E-state index in [-0.39, 0.29) is 0 Å². The van der Waals surface area contributed by atoms with Crippen molar-refractivity contribution >= 4 is 0 Å². The van der Waals surface area contributed by atoms with E-state index in [4.69, 9.17) is 0 Å². The van der Waals surface area contributed by atoms with Gasteiger partial charge in [-0.05, 0) is 18.6 Å². The first-order chi connectivity index (χ1) is 4.75. The molecule has 0 aromatic rings. The third-order valence-corrected chi connectivity index (χ3v) is 1.62. The first kappa shape index (κ1) is 7.13. The molecule has 0 heterocycles. The number of nitrogens with zero attached hydrogens (tertiary/aromatic N) is 1. The quantitative estimate of drug-likeness (QED) is 0.531. The van der Waals surface area contributed by atoms with Gasteiger partial charge in [-0.2, -0.15) is 0 Å².